The highest BCUT2D eigenvalue weighted by atomic mass is 16.5. The first-order valence-electron chi connectivity index (χ1n) is 12.4. The van der Waals surface area contributed by atoms with Crippen molar-refractivity contribution in [2.75, 3.05) is 42.4 Å². The highest BCUT2D eigenvalue weighted by Gasteiger charge is 2.41. The number of hydrogen-bond donors (Lipinski definition) is 3. The normalized spacial score (nSPS) is 20.4. The summed E-state index contributed by atoms with van der Waals surface area (Å²) in [4.78, 5) is 38.9. The number of methoxy groups -OCH3 is 1. The maximum absolute atomic E-state index is 13.1. The molecule has 2 fully saturated rings. The lowest BCUT2D eigenvalue weighted by Crippen LogP contribution is -2.56. The van der Waals surface area contributed by atoms with E-state index in [1.165, 1.54) is 12.8 Å². The first kappa shape index (κ1) is 23.3. The number of amides is 2. The summed E-state index contributed by atoms with van der Waals surface area (Å²) in [6, 6.07) is 5.51. The number of likely N-dealkylation sites (N-methyl/N-ethyl adjacent to an activating group) is 1. The SMILES string of the molecule is CC[C@@H]1C(=O)N(C)c2cnc(Nc3ccc(C(=O)NC4CNC4)cc3OC)nc2N1C1CCCC1. The molecule has 1 saturated carbocycles. The maximum atomic E-state index is 13.1. The summed E-state index contributed by atoms with van der Waals surface area (Å²) in [6.07, 6.45) is 6.89. The number of anilines is 4. The van der Waals surface area contributed by atoms with Gasteiger partial charge in [-0.05, 0) is 37.5 Å². The maximum Gasteiger partial charge on any atom is 0.251 e. The molecule has 1 aromatic heterocycles. The molecule has 2 aromatic rings. The Balaban J connectivity index is 1.43. The van der Waals surface area contributed by atoms with Gasteiger partial charge in [-0.3, -0.25) is 9.59 Å². The number of hydrogen-bond acceptors (Lipinski definition) is 8. The van der Waals surface area contributed by atoms with Crippen molar-refractivity contribution >= 4 is 35.0 Å². The molecular weight excluding hydrogens is 446 g/mol. The number of fused-ring (bicyclic) bond motifs is 1. The van der Waals surface area contributed by atoms with Crippen LogP contribution in [0.2, 0.25) is 0 Å². The number of benzene rings is 1. The number of carbonyl (C=O) groups excluding carboxylic acids is 2. The second-order valence-corrected chi connectivity index (χ2v) is 9.44. The van der Waals surface area contributed by atoms with Crippen LogP contribution in [0.4, 0.5) is 23.1 Å². The second-order valence-electron chi connectivity index (χ2n) is 9.44. The quantitative estimate of drug-likeness (QED) is 0.555. The van der Waals surface area contributed by atoms with Crippen molar-refractivity contribution in [3.05, 3.63) is 30.0 Å². The Bertz CT molecular complexity index is 1110. The molecule has 0 bridgehead atoms. The largest absolute Gasteiger partial charge is 0.495 e. The Morgan fingerprint density at radius 3 is 2.69 bits per heavy atom. The number of carbonyl (C=O) groups is 2. The fourth-order valence-corrected chi connectivity index (χ4v) is 5.16. The molecule has 5 rings (SSSR count). The highest BCUT2D eigenvalue weighted by Crippen LogP contribution is 2.40. The van der Waals surface area contributed by atoms with Crippen molar-refractivity contribution < 1.29 is 14.3 Å². The molecular formula is C25H33N7O3. The Morgan fingerprint density at radius 1 is 1.26 bits per heavy atom. The van der Waals surface area contributed by atoms with Crippen LogP contribution in [0.5, 0.6) is 5.75 Å². The van der Waals surface area contributed by atoms with E-state index in [0.29, 0.717) is 29.0 Å². The molecule has 2 aliphatic heterocycles. The molecule has 3 heterocycles. The first-order chi connectivity index (χ1) is 17.0. The molecule has 35 heavy (non-hydrogen) atoms. The van der Waals surface area contributed by atoms with E-state index >= 15 is 0 Å². The van der Waals surface area contributed by atoms with Gasteiger partial charge in [0.1, 0.15) is 17.5 Å². The fraction of sp³-hybridized carbons (Fsp3) is 0.520. The van der Waals surface area contributed by atoms with Gasteiger partial charge in [-0.25, -0.2) is 4.98 Å². The lowest BCUT2D eigenvalue weighted by atomic mass is 10.0. The van der Waals surface area contributed by atoms with Crippen LogP contribution in [0, 0.1) is 0 Å². The molecule has 0 unspecified atom stereocenters. The lowest BCUT2D eigenvalue weighted by molar-refractivity contribution is -0.120. The third-order valence-electron chi connectivity index (χ3n) is 7.24. The van der Waals surface area contributed by atoms with E-state index in [9.17, 15) is 9.59 Å². The summed E-state index contributed by atoms with van der Waals surface area (Å²) in [5, 5.41) is 9.39. The third-order valence-corrected chi connectivity index (χ3v) is 7.24. The average molecular weight is 480 g/mol. The van der Waals surface area contributed by atoms with Crippen LogP contribution in [-0.4, -0.2) is 67.2 Å². The van der Waals surface area contributed by atoms with Crippen molar-refractivity contribution in [2.24, 2.45) is 0 Å². The van der Waals surface area contributed by atoms with E-state index in [2.05, 4.69) is 25.8 Å². The number of aromatic nitrogens is 2. The van der Waals surface area contributed by atoms with E-state index < -0.39 is 0 Å². The molecule has 1 aliphatic carbocycles. The molecule has 1 saturated heterocycles. The average Bonchev–Trinajstić information content (AvgIpc) is 3.38. The minimum absolute atomic E-state index is 0.0874. The van der Waals surface area contributed by atoms with Gasteiger partial charge in [0.15, 0.2) is 5.82 Å². The van der Waals surface area contributed by atoms with Gasteiger partial charge in [0.25, 0.3) is 5.91 Å². The lowest BCUT2D eigenvalue weighted by Gasteiger charge is -2.43. The molecule has 0 spiro atoms. The van der Waals surface area contributed by atoms with Crippen molar-refractivity contribution in [1.82, 2.24) is 20.6 Å². The van der Waals surface area contributed by atoms with Crippen molar-refractivity contribution in [3.8, 4) is 5.75 Å². The molecule has 1 atom stereocenters. The Labute approximate surface area is 205 Å². The predicted molar refractivity (Wildman–Crippen MR) is 135 cm³/mol. The van der Waals surface area contributed by atoms with Crippen molar-refractivity contribution in [3.63, 3.8) is 0 Å². The molecule has 10 nitrogen and oxygen atoms in total. The predicted octanol–water partition coefficient (Wildman–Crippen LogP) is 2.43. The van der Waals surface area contributed by atoms with Crippen molar-refractivity contribution in [2.45, 2.75) is 57.2 Å². The van der Waals surface area contributed by atoms with Gasteiger partial charge >= 0.3 is 0 Å². The van der Waals surface area contributed by atoms with Crippen LogP contribution in [0.15, 0.2) is 24.4 Å². The highest BCUT2D eigenvalue weighted by molar-refractivity contribution is 6.04. The fourth-order valence-electron chi connectivity index (χ4n) is 5.16. The number of nitrogens with one attached hydrogen (secondary N) is 3. The van der Waals surface area contributed by atoms with E-state index in [4.69, 9.17) is 9.72 Å². The molecule has 186 valence electrons. The van der Waals surface area contributed by atoms with E-state index in [0.717, 1.165) is 43.9 Å². The first-order valence-corrected chi connectivity index (χ1v) is 12.4. The minimum Gasteiger partial charge on any atom is -0.495 e. The summed E-state index contributed by atoms with van der Waals surface area (Å²) >= 11 is 0. The Morgan fingerprint density at radius 2 is 2.03 bits per heavy atom. The topological polar surface area (TPSA) is 112 Å². The van der Waals surface area contributed by atoms with Crippen LogP contribution < -0.4 is 30.5 Å². The van der Waals surface area contributed by atoms with Gasteiger partial charge in [0.05, 0.1) is 25.0 Å². The minimum atomic E-state index is -0.225. The summed E-state index contributed by atoms with van der Waals surface area (Å²) in [6.45, 7) is 3.62. The molecule has 0 radical (unpaired) electrons. The Hall–Kier alpha value is -3.40. The second kappa shape index (κ2) is 9.69. The molecule has 3 N–H and O–H groups in total. The van der Waals surface area contributed by atoms with Gasteiger partial charge in [0, 0.05) is 31.7 Å². The molecule has 10 heteroatoms. The number of ether oxygens (including phenoxy) is 1. The van der Waals surface area contributed by atoms with Gasteiger partial charge in [-0.1, -0.05) is 19.8 Å². The van der Waals surface area contributed by atoms with Crippen LogP contribution in [-0.2, 0) is 4.79 Å². The monoisotopic (exact) mass is 479 g/mol. The summed E-state index contributed by atoms with van der Waals surface area (Å²) in [5.74, 6) is 1.69. The zero-order valence-electron chi connectivity index (χ0n) is 20.5. The van der Waals surface area contributed by atoms with Gasteiger partial charge < -0.3 is 30.5 Å². The molecule has 1 aromatic carbocycles. The van der Waals surface area contributed by atoms with E-state index in [1.54, 1.807) is 43.5 Å². The van der Waals surface area contributed by atoms with Crippen molar-refractivity contribution in [1.29, 1.82) is 0 Å². The zero-order chi connectivity index (χ0) is 24.5. The molecule has 3 aliphatic rings. The van der Waals surface area contributed by atoms with E-state index in [1.807, 2.05) is 6.92 Å². The van der Waals surface area contributed by atoms with Crippen LogP contribution in [0.25, 0.3) is 0 Å². The summed E-state index contributed by atoms with van der Waals surface area (Å²) in [5.41, 5.74) is 1.92. The van der Waals surface area contributed by atoms with Crippen LogP contribution in [0.1, 0.15) is 49.4 Å². The number of rotatable bonds is 7. The van der Waals surface area contributed by atoms with Crippen LogP contribution in [0.3, 0.4) is 0 Å². The summed E-state index contributed by atoms with van der Waals surface area (Å²) < 4.78 is 5.56. The molecule has 2 amide bonds. The van der Waals surface area contributed by atoms with E-state index in [-0.39, 0.29) is 23.9 Å². The standard InChI is InChI=1S/C25H33N7O3/c1-4-19-24(34)31(2)20-14-27-25(30-22(20)32(19)17-7-5-6-8-17)29-18-10-9-15(11-21(18)35-3)23(33)28-16-12-26-13-16/h9-11,14,16-17,19,26H,4-8,12-13H2,1-3H3,(H,28,33)(H,27,29,30)/t19-/m1/s1. The van der Waals surface area contributed by atoms with Gasteiger partial charge in [0.2, 0.25) is 11.9 Å². The third kappa shape index (κ3) is 4.38. The summed E-state index contributed by atoms with van der Waals surface area (Å²) in [7, 11) is 3.36. The van der Waals surface area contributed by atoms with Gasteiger partial charge in [-0.15, -0.1) is 0 Å². The Kier molecular flexibility index (Phi) is 6.46. The zero-order valence-corrected chi connectivity index (χ0v) is 20.5. The van der Waals surface area contributed by atoms with Crippen LogP contribution >= 0.6 is 0 Å². The number of nitrogens with zero attached hydrogens (tertiary/aromatic N) is 4. The smallest absolute Gasteiger partial charge is 0.251 e. The van der Waals surface area contributed by atoms with Gasteiger partial charge in [-0.2, -0.15) is 4.98 Å².